The number of hydrogen-bond acceptors (Lipinski definition) is 2. The van der Waals surface area contributed by atoms with Crippen molar-refractivity contribution in [1.29, 1.82) is 0 Å². The van der Waals surface area contributed by atoms with Crippen LogP contribution >= 0.6 is 0 Å². The van der Waals surface area contributed by atoms with E-state index in [1.807, 2.05) is 29.2 Å². The highest BCUT2D eigenvalue weighted by atomic mass is 16.2. The largest absolute Gasteiger partial charge is 0.399 e. The Morgan fingerprint density at radius 2 is 1.68 bits per heavy atom. The van der Waals surface area contributed by atoms with E-state index in [4.69, 9.17) is 5.73 Å². The van der Waals surface area contributed by atoms with E-state index in [1.54, 1.807) is 0 Å². The molecule has 0 aromatic heterocycles. The summed E-state index contributed by atoms with van der Waals surface area (Å²) in [7, 11) is 0. The Morgan fingerprint density at radius 1 is 1.00 bits per heavy atom. The number of urea groups is 1. The molecule has 1 saturated heterocycles. The van der Waals surface area contributed by atoms with Crippen molar-refractivity contribution < 1.29 is 4.79 Å². The number of nitrogen functional groups attached to an aromatic ring is 1. The van der Waals surface area contributed by atoms with Gasteiger partial charge in [-0.1, -0.05) is 19.3 Å². The molecular weight excluding hydrogens is 238 g/mol. The second-order valence-corrected chi connectivity index (χ2v) is 5.51. The maximum atomic E-state index is 12.5. The van der Waals surface area contributed by atoms with Gasteiger partial charge in [0.25, 0.3) is 0 Å². The number of carbonyl (C=O) groups is 1. The van der Waals surface area contributed by atoms with E-state index >= 15 is 0 Å². The van der Waals surface area contributed by atoms with Gasteiger partial charge in [-0.2, -0.15) is 0 Å². The number of hydrogen-bond donors (Lipinski definition) is 1. The normalized spacial score (nSPS) is 21.2. The molecule has 1 aromatic rings. The van der Waals surface area contributed by atoms with E-state index in [9.17, 15) is 4.79 Å². The molecule has 1 heterocycles. The minimum absolute atomic E-state index is 0.164. The van der Waals surface area contributed by atoms with Gasteiger partial charge in [0.15, 0.2) is 0 Å². The summed E-state index contributed by atoms with van der Waals surface area (Å²) in [4.78, 5) is 16.4. The van der Waals surface area contributed by atoms with Crippen LogP contribution in [0.25, 0.3) is 0 Å². The molecule has 1 aliphatic carbocycles. The van der Waals surface area contributed by atoms with Gasteiger partial charge in [-0.15, -0.1) is 0 Å². The van der Waals surface area contributed by atoms with Gasteiger partial charge in [0.05, 0.1) is 0 Å². The molecule has 4 heteroatoms. The first-order valence-electron chi connectivity index (χ1n) is 7.19. The van der Waals surface area contributed by atoms with Gasteiger partial charge in [-0.25, -0.2) is 4.79 Å². The molecule has 0 bridgehead atoms. The lowest BCUT2D eigenvalue weighted by molar-refractivity contribution is 0.181. The van der Waals surface area contributed by atoms with Crippen LogP contribution in [0, 0.1) is 0 Å². The molecular formula is C15H21N3O. The minimum Gasteiger partial charge on any atom is -0.399 e. The Balaban J connectivity index is 1.72. The van der Waals surface area contributed by atoms with Crippen LogP contribution in [-0.4, -0.2) is 30.1 Å². The van der Waals surface area contributed by atoms with Crippen molar-refractivity contribution in [1.82, 2.24) is 4.90 Å². The number of rotatable bonds is 2. The summed E-state index contributed by atoms with van der Waals surface area (Å²) in [5, 5.41) is 0. The molecule has 1 aromatic carbocycles. The van der Waals surface area contributed by atoms with Gasteiger partial charge in [0, 0.05) is 30.5 Å². The fourth-order valence-electron chi connectivity index (χ4n) is 3.18. The summed E-state index contributed by atoms with van der Waals surface area (Å²) in [6, 6.07) is 8.18. The molecule has 2 N–H and O–H groups in total. The number of amides is 2. The Kier molecular flexibility index (Phi) is 3.32. The van der Waals surface area contributed by atoms with Gasteiger partial charge >= 0.3 is 6.03 Å². The number of anilines is 2. The first-order valence-corrected chi connectivity index (χ1v) is 7.19. The number of nitrogens with zero attached hydrogens (tertiary/aromatic N) is 2. The molecule has 1 aliphatic heterocycles. The summed E-state index contributed by atoms with van der Waals surface area (Å²) in [6.45, 7) is 1.65. The van der Waals surface area contributed by atoms with E-state index in [1.165, 1.54) is 32.1 Å². The molecule has 2 aliphatic rings. The van der Waals surface area contributed by atoms with Crippen molar-refractivity contribution in [2.45, 2.75) is 38.1 Å². The van der Waals surface area contributed by atoms with E-state index in [2.05, 4.69) is 4.90 Å². The standard InChI is InChI=1S/C15H21N3O/c16-12-6-8-14(9-7-12)18-11-10-17(15(18)19)13-4-2-1-3-5-13/h6-9,13H,1-5,10-11,16H2. The third kappa shape index (κ3) is 2.39. The zero-order valence-electron chi connectivity index (χ0n) is 11.2. The van der Waals surface area contributed by atoms with Gasteiger partial charge in [-0.3, -0.25) is 4.90 Å². The van der Waals surface area contributed by atoms with Crippen LogP contribution in [-0.2, 0) is 0 Å². The lowest BCUT2D eigenvalue weighted by Gasteiger charge is -2.30. The van der Waals surface area contributed by atoms with Crippen LogP contribution in [0.1, 0.15) is 32.1 Å². The molecule has 3 rings (SSSR count). The molecule has 4 nitrogen and oxygen atoms in total. The van der Waals surface area contributed by atoms with Crippen molar-refractivity contribution >= 4 is 17.4 Å². The van der Waals surface area contributed by atoms with Gasteiger partial charge in [0.2, 0.25) is 0 Å². The predicted octanol–water partition coefficient (Wildman–Crippen LogP) is 2.84. The van der Waals surface area contributed by atoms with Crippen LogP contribution < -0.4 is 10.6 Å². The smallest absolute Gasteiger partial charge is 0.324 e. The molecule has 0 atom stereocenters. The second kappa shape index (κ2) is 5.11. The van der Waals surface area contributed by atoms with Crippen molar-refractivity contribution in [2.75, 3.05) is 23.7 Å². The Morgan fingerprint density at radius 3 is 2.37 bits per heavy atom. The first-order chi connectivity index (χ1) is 9.25. The Hall–Kier alpha value is -1.71. The van der Waals surface area contributed by atoms with Crippen LogP contribution in [0.2, 0.25) is 0 Å². The topological polar surface area (TPSA) is 49.6 Å². The van der Waals surface area contributed by atoms with Crippen LogP contribution in [0.3, 0.4) is 0 Å². The summed E-state index contributed by atoms with van der Waals surface area (Å²) in [6.07, 6.45) is 6.18. The molecule has 19 heavy (non-hydrogen) atoms. The van der Waals surface area contributed by atoms with Crippen LogP contribution in [0.5, 0.6) is 0 Å². The number of carbonyl (C=O) groups excluding carboxylic acids is 1. The van der Waals surface area contributed by atoms with Crippen LogP contribution in [0.15, 0.2) is 24.3 Å². The highest BCUT2D eigenvalue weighted by Gasteiger charge is 2.34. The van der Waals surface area contributed by atoms with Gasteiger partial charge in [-0.05, 0) is 37.1 Å². The zero-order chi connectivity index (χ0) is 13.2. The zero-order valence-corrected chi connectivity index (χ0v) is 11.2. The lowest BCUT2D eigenvalue weighted by Crippen LogP contribution is -2.40. The van der Waals surface area contributed by atoms with Gasteiger partial charge in [0.1, 0.15) is 0 Å². The summed E-state index contributed by atoms with van der Waals surface area (Å²) >= 11 is 0. The van der Waals surface area contributed by atoms with E-state index in [0.717, 1.165) is 24.5 Å². The molecule has 1 saturated carbocycles. The maximum absolute atomic E-state index is 12.5. The van der Waals surface area contributed by atoms with Crippen molar-refractivity contribution in [3.8, 4) is 0 Å². The minimum atomic E-state index is 0.164. The highest BCUT2D eigenvalue weighted by molar-refractivity contribution is 5.94. The maximum Gasteiger partial charge on any atom is 0.324 e. The average Bonchev–Trinajstić information content (AvgIpc) is 2.83. The van der Waals surface area contributed by atoms with Crippen molar-refractivity contribution in [3.05, 3.63) is 24.3 Å². The molecule has 102 valence electrons. The molecule has 0 radical (unpaired) electrons. The molecule has 0 unspecified atom stereocenters. The molecule has 0 spiro atoms. The second-order valence-electron chi connectivity index (χ2n) is 5.51. The Bertz CT molecular complexity index is 451. The number of nitrogens with two attached hydrogens (primary N) is 1. The first kappa shape index (κ1) is 12.3. The quantitative estimate of drug-likeness (QED) is 0.830. The Labute approximate surface area is 114 Å². The van der Waals surface area contributed by atoms with E-state index < -0.39 is 0 Å². The monoisotopic (exact) mass is 259 g/mol. The van der Waals surface area contributed by atoms with Crippen molar-refractivity contribution in [3.63, 3.8) is 0 Å². The fourth-order valence-corrected chi connectivity index (χ4v) is 3.18. The summed E-state index contributed by atoms with van der Waals surface area (Å²) in [5.41, 5.74) is 7.38. The molecule has 2 fully saturated rings. The average molecular weight is 259 g/mol. The third-order valence-corrected chi connectivity index (χ3v) is 4.26. The lowest BCUT2D eigenvalue weighted by atomic mass is 9.94. The van der Waals surface area contributed by atoms with Gasteiger partial charge < -0.3 is 10.6 Å². The summed E-state index contributed by atoms with van der Waals surface area (Å²) < 4.78 is 0. The molecule has 2 amide bonds. The van der Waals surface area contributed by atoms with Crippen molar-refractivity contribution in [2.24, 2.45) is 0 Å². The fraction of sp³-hybridized carbons (Fsp3) is 0.533. The number of benzene rings is 1. The highest BCUT2D eigenvalue weighted by Crippen LogP contribution is 2.28. The summed E-state index contributed by atoms with van der Waals surface area (Å²) in [5.74, 6) is 0. The van der Waals surface area contributed by atoms with Crippen LogP contribution in [0.4, 0.5) is 16.2 Å². The van der Waals surface area contributed by atoms with E-state index in [-0.39, 0.29) is 6.03 Å². The van der Waals surface area contributed by atoms with E-state index in [0.29, 0.717) is 6.04 Å². The third-order valence-electron chi connectivity index (χ3n) is 4.26. The SMILES string of the molecule is Nc1ccc(N2CCN(C3CCCCC3)C2=O)cc1. The predicted molar refractivity (Wildman–Crippen MR) is 77.2 cm³/mol.